The molecule has 0 radical (unpaired) electrons. The molecule has 1 aliphatic rings. The van der Waals surface area contributed by atoms with Crippen molar-refractivity contribution in [3.05, 3.63) is 23.3 Å². The molecule has 0 aliphatic carbocycles. The number of aliphatic carboxylic acids is 1. The van der Waals surface area contributed by atoms with Crippen molar-refractivity contribution < 1.29 is 14.7 Å². The van der Waals surface area contributed by atoms with Crippen LogP contribution in [0.1, 0.15) is 24.0 Å². The molecule has 1 aromatic carbocycles. The summed E-state index contributed by atoms with van der Waals surface area (Å²) in [6.07, 6.45) is 0.480. The number of hydrogen-bond acceptors (Lipinski definition) is 3. The first-order valence-electron chi connectivity index (χ1n) is 6.74. The summed E-state index contributed by atoms with van der Waals surface area (Å²) < 4.78 is 0. The standard InChI is InChI=1S/C15H20N2O3/c1-10-8-11(2)15-12(9-10)16(3)13(18)4-6-17(15)7-5-14(19)20/h8-9H,4-7H2,1-3H3,(H,19,20). The van der Waals surface area contributed by atoms with E-state index >= 15 is 0 Å². The number of carboxylic acids is 1. The van der Waals surface area contributed by atoms with Gasteiger partial charge in [-0.3, -0.25) is 9.59 Å². The number of anilines is 2. The molecule has 2 rings (SSSR count). The fourth-order valence-electron chi connectivity index (χ4n) is 2.70. The van der Waals surface area contributed by atoms with Crippen LogP contribution in [0.4, 0.5) is 11.4 Å². The van der Waals surface area contributed by atoms with Gasteiger partial charge in [-0.25, -0.2) is 0 Å². The molecule has 0 saturated heterocycles. The van der Waals surface area contributed by atoms with E-state index in [0.717, 1.165) is 22.5 Å². The maximum absolute atomic E-state index is 12.1. The summed E-state index contributed by atoms with van der Waals surface area (Å²) in [5.74, 6) is -0.755. The van der Waals surface area contributed by atoms with Gasteiger partial charge in [0.05, 0.1) is 17.8 Å². The highest BCUT2D eigenvalue weighted by molar-refractivity contribution is 5.99. The van der Waals surface area contributed by atoms with Crippen molar-refractivity contribution in [1.29, 1.82) is 0 Å². The minimum absolute atomic E-state index is 0.0640. The van der Waals surface area contributed by atoms with Gasteiger partial charge in [-0.1, -0.05) is 6.07 Å². The predicted molar refractivity (Wildman–Crippen MR) is 78.4 cm³/mol. The first-order chi connectivity index (χ1) is 9.40. The van der Waals surface area contributed by atoms with Gasteiger partial charge >= 0.3 is 5.97 Å². The zero-order valence-electron chi connectivity index (χ0n) is 12.1. The summed E-state index contributed by atoms with van der Waals surface area (Å²) in [6.45, 7) is 4.99. The van der Waals surface area contributed by atoms with Crippen molar-refractivity contribution >= 4 is 23.3 Å². The Bertz CT molecular complexity index is 554. The summed E-state index contributed by atoms with van der Waals surface area (Å²) in [5, 5.41) is 8.88. The van der Waals surface area contributed by atoms with E-state index in [1.165, 1.54) is 0 Å². The molecule has 5 nitrogen and oxygen atoms in total. The number of aryl methyl sites for hydroxylation is 2. The predicted octanol–water partition coefficient (Wildman–Crippen LogP) is 1.95. The maximum Gasteiger partial charge on any atom is 0.305 e. The maximum atomic E-state index is 12.1. The largest absolute Gasteiger partial charge is 0.481 e. The van der Waals surface area contributed by atoms with Gasteiger partial charge in [0.25, 0.3) is 0 Å². The molecule has 1 aliphatic heterocycles. The zero-order chi connectivity index (χ0) is 14.9. The van der Waals surface area contributed by atoms with Gasteiger partial charge in [0.1, 0.15) is 0 Å². The monoisotopic (exact) mass is 276 g/mol. The van der Waals surface area contributed by atoms with Crippen LogP contribution in [0.25, 0.3) is 0 Å². The number of rotatable bonds is 3. The number of carbonyl (C=O) groups is 2. The van der Waals surface area contributed by atoms with E-state index in [1.54, 1.807) is 11.9 Å². The van der Waals surface area contributed by atoms with Crippen LogP contribution in [0, 0.1) is 13.8 Å². The molecule has 0 atom stereocenters. The highest BCUT2D eigenvalue weighted by Crippen LogP contribution is 2.36. The average molecular weight is 276 g/mol. The van der Waals surface area contributed by atoms with Crippen LogP contribution in [0.5, 0.6) is 0 Å². The van der Waals surface area contributed by atoms with Crippen molar-refractivity contribution in [1.82, 2.24) is 0 Å². The highest BCUT2D eigenvalue weighted by Gasteiger charge is 2.25. The molecule has 108 valence electrons. The first-order valence-corrected chi connectivity index (χ1v) is 6.74. The number of carboxylic acid groups (broad SMARTS) is 1. The van der Waals surface area contributed by atoms with Crippen molar-refractivity contribution in [2.24, 2.45) is 0 Å². The molecule has 1 amide bonds. The van der Waals surface area contributed by atoms with E-state index in [-0.39, 0.29) is 12.3 Å². The number of benzene rings is 1. The van der Waals surface area contributed by atoms with Crippen LogP contribution in [0.15, 0.2) is 12.1 Å². The van der Waals surface area contributed by atoms with Crippen molar-refractivity contribution in [3.63, 3.8) is 0 Å². The molecule has 0 saturated carbocycles. The van der Waals surface area contributed by atoms with Gasteiger partial charge < -0.3 is 14.9 Å². The Balaban J connectivity index is 2.46. The average Bonchev–Trinajstić information content (AvgIpc) is 2.48. The number of carbonyl (C=O) groups excluding carboxylic acids is 1. The van der Waals surface area contributed by atoms with Gasteiger partial charge in [0.15, 0.2) is 0 Å². The SMILES string of the molecule is Cc1cc(C)c2c(c1)N(C)C(=O)CCN2CCC(=O)O. The van der Waals surface area contributed by atoms with Crippen LogP contribution in [0.3, 0.4) is 0 Å². The molecule has 0 aromatic heterocycles. The van der Waals surface area contributed by atoms with Crippen LogP contribution in [-0.4, -0.2) is 37.1 Å². The molecule has 0 unspecified atom stereocenters. The molecular formula is C15H20N2O3. The smallest absolute Gasteiger partial charge is 0.305 e. The molecule has 5 heteroatoms. The molecule has 0 spiro atoms. The lowest BCUT2D eigenvalue weighted by Crippen LogP contribution is -2.28. The Morgan fingerprint density at radius 1 is 1.35 bits per heavy atom. The summed E-state index contributed by atoms with van der Waals surface area (Å²) in [4.78, 5) is 26.6. The molecule has 20 heavy (non-hydrogen) atoms. The molecular weight excluding hydrogens is 256 g/mol. The normalized spacial score (nSPS) is 15.1. The lowest BCUT2D eigenvalue weighted by Gasteiger charge is -2.27. The Kier molecular flexibility index (Phi) is 3.97. The fourth-order valence-corrected chi connectivity index (χ4v) is 2.70. The summed E-state index contributed by atoms with van der Waals surface area (Å²) >= 11 is 0. The Morgan fingerprint density at radius 2 is 2.05 bits per heavy atom. The van der Waals surface area contributed by atoms with Gasteiger partial charge in [-0.15, -0.1) is 0 Å². The molecule has 1 N–H and O–H groups in total. The third-order valence-corrected chi connectivity index (χ3v) is 3.67. The van der Waals surface area contributed by atoms with Crippen LogP contribution >= 0.6 is 0 Å². The third-order valence-electron chi connectivity index (χ3n) is 3.67. The summed E-state index contributed by atoms with van der Waals surface area (Å²) in [5.41, 5.74) is 4.02. The number of nitrogens with zero attached hydrogens (tertiary/aromatic N) is 2. The van der Waals surface area contributed by atoms with Gasteiger partial charge in [-0.05, 0) is 31.0 Å². The second-order valence-electron chi connectivity index (χ2n) is 5.28. The lowest BCUT2D eigenvalue weighted by atomic mass is 10.1. The minimum Gasteiger partial charge on any atom is -0.481 e. The lowest BCUT2D eigenvalue weighted by molar-refractivity contribution is -0.136. The van der Waals surface area contributed by atoms with Gasteiger partial charge in [-0.2, -0.15) is 0 Å². The second kappa shape index (κ2) is 5.53. The van der Waals surface area contributed by atoms with E-state index in [9.17, 15) is 9.59 Å². The Labute approximate surface area is 118 Å². The van der Waals surface area contributed by atoms with E-state index < -0.39 is 5.97 Å². The van der Waals surface area contributed by atoms with E-state index in [1.807, 2.05) is 24.8 Å². The summed E-state index contributed by atoms with van der Waals surface area (Å²) in [6, 6.07) is 4.05. The van der Waals surface area contributed by atoms with Crippen molar-refractivity contribution in [3.8, 4) is 0 Å². The third kappa shape index (κ3) is 2.76. The van der Waals surface area contributed by atoms with E-state index in [4.69, 9.17) is 5.11 Å². The number of fused-ring (bicyclic) bond motifs is 1. The van der Waals surface area contributed by atoms with Crippen molar-refractivity contribution in [2.75, 3.05) is 29.9 Å². The van der Waals surface area contributed by atoms with Gasteiger partial charge in [0, 0.05) is 26.6 Å². The van der Waals surface area contributed by atoms with Crippen molar-refractivity contribution in [2.45, 2.75) is 26.7 Å². The van der Waals surface area contributed by atoms with E-state index in [2.05, 4.69) is 6.07 Å². The topological polar surface area (TPSA) is 60.9 Å². The van der Waals surface area contributed by atoms with E-state index in [0.29, 0.717) is 19.5 Å². The Morgan fingerprint density at radius 3 is 2.70 bits per heavy atom. The minimum atomic E-state index is -0.819. The first kappa shape index (κ1) is 14.4. The summed E-state index contributed by atoms with van der Waals surface area (Å²) in [7, 11) is 1.78. The number of amides is 1. The number of hydrogen-bond donors (Lipinski definition) is 1. The van der Waals surface area contributed by atoms with Crippen LogP contribution in [-0.2, 0) is 9.59 Å². The molecule has 1 heterocycles. The van der Waals surface area contributed by atoms with Crippen LogP contribution in [0.2, 0.25) is 0 Å². The second-order valence-corrected chi connectivity index (χ2v) is 5.28. The quantitative estimate of drug-likeness (QED) is 0.916. The Hall–Kier alpha value is -2.04. The van der Waals surface area contributed by atoms with Crippen LogP contribution < -0.4 is 9.80 Å². The van der Waals surface area contributed by atoms with Gasteiger partial charge in [0.2, 0.25) is 5.91 Å². The fraction of sp³-hybridized carbons (Fsp3) is 0.467. The highest BCUT2D eigenvalue weighted by atomic mass is 16.4. The zero-order valence-corrected chi connectivity index (χ0v) is 12.1. The molecule has 1 aromatic rings. The molecule has 0 bridgehead atoms. The molecule has 0 fully saturated rings.